The molecule has 4 heteroatoms. The van der Waals surface area contributed by atoms with Crippen molar-refractivity contribution in [3.05, 3.63) is 70.2 Å². The monoisotopic (exact) mass is 281 g/mol. The summed E-state index contributed by atoms with van der Waals surface area (Å²) in [5.74, 6) is -1.07. The summed E-state index contributed by atoms with van der Waals surface area (Å²) in [4.78, 5) is 0. The van der Waals surface area contributed by atoms with E-state index < -0.39 is 17.7 Å². The molecule has 0 radical (unpaired) electrons. The number of nitrogens with one attached hydrogen (secondary N) is 1. The predicted molar refractivity (Wildman–Crippen MR) is 73.1 cm³/mol. The third-order valence-electron chi connectivity index (χ3n) is 2.93. The van der Waals surface area contributed by atoms with Crippen molar-refractivity contribution in [2.45, 2.75) is 19.5 Å². The van der Waals surface area contributed by atoms with Crippen molar-refractivity contribution in [2.24, 2.45) is 0 Å². The van der Waals surface area contributed by atoms with Crippen molar-refractivity contribution < 1.29 is 8.78 Å². The highest BCUT2D eigenvalue weighted by Gasteiger charge is 2.15. The molecule has 0 fully saturated rings. The summed E-state index contributed by atoms with van der Waals surface area (Å²) in [5.41, 5.74) is 1.03. The van der Waals surface area contributed by atoms with Crippen LogP contribution in [0, 0.1) is 11.6 Å². The summed E-state index contributed by atoms with van der Waals surface area (Å²) in [6, 6.07) is 10.8. The Bertz CT molecular complexity index is 552. The van der Waals surface area contributed by atoms with Crippen molar-refractivity contribution >= 4 is 11.6 Å². The standard InChI is InChI=1S/C15H14ClF2N/c1-10(15-13(17)6-3-7-14(15)18)19-9-11-4-2-5-12(16)8-11/h2-8,10,19H,9H2,1H3. The van der Waals surface area contributed by atoms with Crippen molar-refractivity contribution in [3.63, 3.8) is 0 Å². The second kappa shape index (κ2) is 6.13. The van der Waals surface area contributed by atoms with Gasteiger partial charge in [-0.05, 0) is 36.8 Å². The van der Waals surface area contributed by atoms with Gasteiger partial charge in [-0.1, -0.05) is 29.8 Å². The molecule has 19 heavy (non-hydrogen) atoms. The molecule has 2 rings (SSSR count). The van der Waals surface area contributed by atoms with Gasteiger partial charge in [0.25, 0.3) is 0 Å². The van der Waals surface area contributed by atoms with Crippen LogP contribution in [0.25, 0.3) is 0 Å². The van der Waals surface area contributed by atoms with Gasteiger partial charge in [0, 0.05) is 23.2 Å². The van der Waals surface area contributed by atoms with E-state index in [-0.39, 0.29) is 5.56 Å². The molecule has 2 aromatic rings. The van der Waals surface area contributed by atoms with Gasteiger partial charge in [-0.25, -0.2) is 8.78 Å². The van der Waals surface area contributed by atoms with Gasteiger partial charge >= 0.3 is 0 Å². The molecule has 1 N–H and O–H groups in total. The van der Waals surface area contributed by atoms with E-state index in [4.69, 9.17) is 11.6 Å². The van der Waals surface area contributed by atoms with Crippen LogP contribution in [0.4, 0.5) is 8.78 Å². The Morgan fingerprint density at radius 2 is 1.74 bits per heavy atom. The van der Waals surface area contributed by atoms with E-state index in [1.807, 2.05) is 18.2 Å². The Morgan fingerprint density at radius 3 is 2.37 bits per heavy atom. The summed E-state index contributed by atoms with van der Waals surface area (Å²) in [6.07, 6.45) is 0. The Kier molecular flexibility index (Phi) is 4.51. The molecule has 0 saturated carbocycles. The van der Waals surface area contributed by atoms with Gasteiger partial charge in [0.1, 0.15) is 11.6 Å². The minimum Gasteiger partial charge on any atom is -0.306 e. The summed E-state index contributed by atoms with van der Waals surface area (Å²) in [5, 5.41) is 3.73. The van der Waals surface area contributed by atoms with Crippen LogP contribution in [-0.2, 0) is 6.54 Å². The first-order valence-corrected chi connectivity index (χ1v) is 6.37. The molecule has 1 atom stereocenters. The third-order valence-corrected chi connectivity index (χ3v) is 3.17. The molecule has 1 unspecified atom stereocenters. The quantitative estimate of drug-likeness (QED) is 0.872. The first-order chi connectivity index (χ1) is 9.08. The first kappa shape index (κ1) is 14.0. The van der Waals surface area contributed by atoms with Crippen molar-refractivity contribution in [1.29, 1.82) is 0 Å². The second-order valence-electron chi connectivity index (χ2n) is 4.37. The van der Waals surface area contributed by atoms with Crippen molar-refractivity contribution in [1.82, 2.24) is 5.32 Å². The van der Waals surface area contributed by atoms with Gasteiger partial charge in [0.2, 0.25) is 0 Å². The maximum Gasteiger partial charge on any atom is 0.130 e. The molecule has 0 bridgehead atoms. The highest BCUT2D eigenvalue weighted by molar-refractivity contribution is 6.30. The lowest BCUT2D eigenvalue weighted by molar-refractivity contribution is 0.487. The number of halogens is 3. The molecular formula is C15H14ClF2N. The van der Waals surface area contributed by atoms with Crippen LogP contribution >= 0.6 is 11.6 Å². The summed E-state index contributed by atoms with van der Waals surface area (Å²) in [7, 11) is 0. The van der Waals surface area contributed by atoms with Gasteiger partial charge in [-0.3, -0.25) is 0 Å². The van der Waals surface area contributed by atoms with E-state index >= 15 is 0 Å². The topological polar surface area (TPSA) is 12.0 Å². The molecule has 0 aliphatic carbocycles. The van der Waals surface area contributed by atoms with Crippen molar-refractivity contribution in [2.75, 3.05) is 0 Å². The molecular weight excluding hydrogens is 268 g/mol. The summed E-state index contributed by atoms with van der Waals surface area (Å²) >= 11 is 5.88. The molecule has 2 aromatic carbocycles. The SMILES string of the molecule is CC(NCc1cccc(Cl)c1)c1c(F)cccc1F. The van der Waals surface area contributed by atoms with Gasteiger partial charge in [-0.15, -0.1) is 0 Å². The fourth-order valence-corrected chi connectivity index (χ4v) is 2.16. The molecule has 0 spiro atoms. The van der Waals surface area contributed by atoms with E-state index in [2.05, 4.69) is 5.32 Å². The smallest absolute Gasteiger partial charge is 0.130 e. The number of benzene rings is 2. The van der Waals surface area contributed by atoms with Gasteiger partial charge in [0.05, 0.1) is 0 Å². The molecule has 0 aliphatic rings. The number of hydrogen-bond acceptors (Lipinski definition) is 1. The zero-order chi connectivity index (χ0) is 13.8. The van der Waals surface area contributed by atoms with Crippen LogP contribution in [-0.4, -0.2) is 0 Å². The predicted octanol–water partition coefficient (Wildman–Crippen LogP) is 4.47. The number of rotatable bonds is 4. The molecule has 100 valence electrons. The van der Waals surface area contributed by atoms with Crippen LogP contribution in [0.3, 0.4) is 0 Å². The Balaban J connectivity index is 2.07. The van der Waals surface area contributed by atoms with E-state index in [0.29, 0.717) is 11.6 Å². The van der Waals surface area contributed by atoms with Gasteiger partial charge in [-0.2, -0.15) is 0 Å². The molecule has 0 amide bonds. The van der Waals surface area contributed by atoms with E-state index in [0.717, 1.165) is 5.56 Å². The van der Waals surface area contributed by atoms with Crippen LogP contribution in [0.1, 0.15) is 24.1 Å². The molecule has 1 nitrogen and oxygen atoms in total. The maximum absolute atomic E-state index is 13.6. The average molecular weight is 282 g/mol. The Hall–Kier alpha value is -1.45. The summed E-state index contributed by atoms with van der Waals surface area (Å²) in [6.45, 7) is 2.22. The lowest BCUT2D eigenvalue weighted by atomic mass is 10.1. The first-order valence-electron chi connectivity index (χ1n) is 5.99. The van der Waals surface area contributed by atoms with Crippen LogP contribution in [0.15, 0.2) is 42.5 Å². The second-order valence-corrected chi connectivity index (χ2v) is 4.80. The fraction of sp³-hybridized carbons (Fsp3) is 0.200. The average Bonchev–Trinajstić information content (AvgIpc) is 2.36. The van der Waals surface area contributed by atoms with Gasteiger partial charge in [0.15, 0.2) is 0 Å². The van der Waals surface area contributed by atoms with Crippen LogP contribution in [0.2, 0.25) is 5.02 Å². The zero-order valence-electron chi connectivity index (χ0n) is 10.5. The third kappa shape index (κ3) is 3.52. The fourth-order valence-electron chi connectivity index (χ4n) is 1.94. The Morgan fingerprint density at radius 1 is 1.11 bits per heavy atom. The van der Waals surface area contributed by atoms with Gasteiger partial charge < -0.3 is 5.32 Å². The minimum atomic E-state index is -0.536. The molecule has 0 aromatic heterocycles. The van der Waals surface area contributed by atoms with E-state index in [9.17, 15) is 8.78 Å². The molecule has 0 heterocycles. The normalized spacial score (nSPS) is 12.4. The molecule has 0 aliphatic heterocycles. The Labute approximate surface area is 116 Å². The zero-order valence-corrected chi connectivity index (χ0v) is 11.2. The largest absolute Gasteiger partial charge is 0.306 e. The number of hydrogen-bond donors (Lipinski definition) is 1. The highest BCUT2D eigenvalue weighted by atomic mass is 35.5. The lowest BCUT2D eigenvalue weighted by Gasteiger charge is -2.16. The van der Waals surface area contributed by atoms with Crippen LogP contribution < -0.4 is 5.32 Å². The van der Waals surface area contributed by atoms with E-state index in [1.165, 1.54) is 18.2 Å². The van der Waals surface area contributed by atoms with E-state index in [1.54, 1.807) is 13.0 Å². The maximum atomic E-state index is 13.6. The molecule has 0 saturated heterocycles. The van der Waals surface area contributed by atoms with Crippen LogP contribution in [0.5, 0.6) is 0 Å². The lowest BCUT2D eigenvalue weighted by Crippen LogP contribution is -2.20. The highest BCUT2D eigenvalue weighted by Crippen LogP contribution is 2.21. The minimum absolute atomic E-state index is 0.0597. The summed E-state index contributed by atoms with van der Waals surface area (Å²) < 4.78 is 27.2. The van der Waals surface area contributed by atoms with Crippen molar-refractivity contribution in [3.8, 4) is 0 Å².